The standard InChI is InChI=1S/C14H23N5O/c1-18-8-6-11(7-9-18)10-19(2)14(20)12-4-3-5-13(16-12)17-15/h3-5,11H,6-10,15H2,1-2H3,(H,16,17). The zero-order valence-corrected chi connectivity index (χ0v) is 12.2. The average molecular weight is 277 g/mol. The number of carbonyl (C=O) groups excluding carboxylic acids is 1. The van der Waals surface area contributed by atoms with E-state index in [1.165, 1.54) is 0 Å². The molecular weight excluding hydrogens is 254 g/mol. The number of nitrogens with zero attached hydrogens (tertiary/aromatic N) is 3. The number of nitrogen functional groups attached to an aromatic ring is 1. The Kier molecular flexibility index (Phi) is 4.92. The van der Waals surface area contributed by atoms with Crippen LogP contribution in [0.2, 0.25) is 0 Å². The highest BCUT2D eigenvalue weighted by Crippen LogP contribution is 2.17. The van der Waals surface area contributed by atoms with E-state index in [4.69, 9.17) is 5.84 Å². The van der Waals surface area contributed by atoms with Crippen molar-refractivity contribution in [3.05, 3.63) is 23.9 Å². The molecule has 1 aliphatic rings. The van der Waals surface area contributed by atoms with E-state index in [-0.39, 0.29) is 5.91 Å². The van der Waals surface area contributed by atoms with Crippen molar-refractivity contribution in [2.45, 2.75) is 12.8 Å². The van der Waals surface area contributed by atoms with Crippen LogP contribution in [0.4, 0.5) is 5.82 Å². The molecule has 0 aliphatic carbocycles. The lowest BCUT2D eigenvalue weighted by Gasteiger charge is -2.31. The molecule has 0 spiro atoms. The molecule has 20 heavy (non-hydrogen) atoms. The molecule has 0 radical (unpaired) electrons. The van der Waals surface area contributed by atoms with E-state index in [1.54, 1.807) is 23.1 Å². The molecule has 6 heteroatoms. The zero-order valence-electron chi connectivity index (χ0n) is 12.2. The molecule has 1 saturated heterocycles. The lowest BCUT2D eigenvalue weighted by molar-refractivity contribution is 0.0741. The van der Waals surface area contributed by atoms with Crippen molar-refractivity contribution >= 4 is 11.7 Å². The lowest BCUT2D eigenvalue weighted by atomic mass is 9.96. The number of nitrogens with one attached hydrogen (secondary N) is 1. The molecule has 1 aromatic heterocycles. The fourth-order valence-electron chi connectivity index (χ4n) is 2.54. The molecule has 1 aromatic rings. The number of piperidine rings is 1. The van der Waals surface area contributed by atoms with Gasteiger partial charge in [-0.05, 0) is 51.0 Å². The second kappa shape index (κ2) is 6.67. The number of nitrogens with two attached hydrogens (primary N) is 1. The van der Waals surface area contributed by atoms with Crippen LogP contribution in [0.25, 0.3) is 0 Å². The molecule has 1 amide bonds. The Labute approximate surface area is 119 Å². The topological polar surface area (TPSA) is 74.5 Å². The molecule has 1 fully saturated rings. The first-order valence-electron chi connectivity index (χ1n) is 6.98. The van der Waals surface area contributed by atoms with Gasteiger partial charge in [0.05, 0.1) is 0 Å². The van der Waals surface area contributed by atoms with Crippen LogP contribution in [0, 0.1) is 5.92 Å². The quantitative estimate of drug-likeness (QED) is 0.628. The van der Waals surface area contributed by atoms with Gasteiger partial charge in [0.25, 0.3) is 5.91 Å². The number of hydrazine groups is 1. The summed E-state index contributed by atoms with van der Waals surface area (Å²) < 4.78 is 0. The van der Waals surface area contributed by atoms with Crippen molar-refractivity contribution in [3.8, 4) is 0 Å². The maximum absolute atomic E-state index is 12.3. The number of pyridine rings is 1. The largest absolute Gasteiger partial charge is 0.340 e. The highest BCUT2D eigenvalue weighted by Gasteiger charge is 2.21. The van der Waals surface area contributed by atoms with Crippen LogP contribution in [0.15, 0.2) is 18.2 Å². The summed E-state index contributed by atoms with van der Waals surface area (Å²) in [6, 6.07) is 5.22. The lowest BCUT2D eigenvalue weighted by Crippen LogP contribution is -2.38. The first-order valence-corrected chi connectivity index (χ1v) is 6.98. The van der Waals surface area contributed by atoms with Gasteiger partial charge in [0.15, 0.2) is 0 Å². The van der Waals surface area contributed by atoms with Crippen molar-refractivity contribution in [3.63, 3.8) is 0 Å². The minimum absolute atomic E-state index is 0.0546. The Morgan fingerprint density at radius 1 is 1.50 bits per heavy atom. The van der Waals surface area contributed by atoms with E-state index in [0.29, 0.717) is 17.4 Å². The number of carbonyl (C=O) groups is 1. The Morgan fingerprint density at radius 2 is 2.20 bits per heavy atom. The first-order chi connectivity index (χ1) is 9.60. The van der Waals surface area contributed by atoms with Crippen molar-refractivity contribution in [2.75, 3.05) is 39.2 Å². The van der Waals surface area contributed by atoms with Crippen LogP contribution >= 0.6 is 0 Å². The Bertz CT molecular complexity index is 457. The van der Waals surface area contributed by atoms with E-state index in [0.717, 1.165) is 32.5 Å². The SMILES string of the molecule is CN1CCC(CN(C)C(=O)c2cccc(NN)n2)CC1. The molecule has 0 saturated carbocycles. The number of hydrogen-bond donors (Lipinski definition) is 2. The summed E-state index contributed by atoms with van der Waals surface area (Å²) >= 11 is 0. The summed E-state index contributed by atoms with van der Waals surface area (Å²) in [6.07, 6.45) is 2.29. The number of likely N-dealkylation sites (tertiary alicyclic amines) is 1. The molecule has 3 N–H and O–H groups in total. The van der Waals surface area contributed by atoms with Gasteiger partial charge >= 0.3 is 0 Å². The van der Waals surface area contributed by atoms with Crippen LogP contribution in [-0.4, -0.2) is 54.4 Å². The summed E-state index contributed by atoms with van der Waals surface area (Å²) in [5, 5.41) is 0. The highest BCUT2D eigenvalue weighted by atomic mass is 16.2. The van der Waals surface area contributed by atoms with Crippen LogP contribution in [0.1, 0.15) is 23.3 Å². The Hall–Kier alpha value is -1.66. The summed E-state index contributed by atoms with van der Waals surface area (Å²) in [4.78, 5) is 20.6. The number of anilines is 1. The third-order valence-electron chi connectivity index (χ3n) is 3.83. The summed E-state index contributed by atoms with van der Waals surface area (Å²) in [5.74, 6) is 6.34. The molecule has 0 aromatic carbocycles. The van der Waals surface area contributed by atoms with Crippen molar-refractivity contribution in [1.82, 2.24) is 14.8 Å². The van der Waals surface area contributed by atoms with Crippen LogP contribution in [0.5, 0.6) is 0 Å². The normalized spacial score (nSPS) is 16.9. The van der Waals surface area contributed by atoms with E-state index < -0.39 is 0 Å². The molecule has 0 unspecified atom stereocenters. The number of rotatable bonds is 4. The summed E-state index contributed by atoms with van der Waals surface area (Å²) in [7, 11) is 3.98. The summed E-state index contributed by atoms with van der Waals surface area (Å²) in [5.41, 5.74) is 2.89. The molecule has 0 bridgehead atoms. The number of aromatic nitrogens is 1. The minimum Gasteiger partial charge on any atom is -0.340 e. The van der Waals surface area contributed by atoms with Gasteiger partial charge in [0.2, 0.25) is 0 Å². The predicted octanol–water partition coefficient (Wildman–Crippen LogP) is 0.781. The fourth-order valence-corrected chi connectivity index (χ4v) is 2.54. The number of amides is 1. The maximum Gasteiger partial charge on any atom is 0.272 e. The van der Waals surface area contributed by atoms with Gasteiger partial charge in [0, 0.05) is 13.6 Å². The molecule has 1 aliphatic heterocycles. The fraction of sp³-hybridized carbons (Fsp3) is 0.571. The zero-order chi connectivity index (χ0) is 14.5. The third kappa shape index (κ3) is 3.68. The highest BCUT2D eigenvalue weighted by molar-refractivity contribution is 5.92. The van der Waals surface area contributed by atoms with Crippen LogP contribution in [0.3, 0.4) is 0 Å². The smallest absolute Gasteiger partial charge is 0.272 e. The van der Waals surface area contributed by atoms with Crippen LogP contribution in [-0.2, 0) is 0 Å². The average Bonchev–Trinajstić information content (AvgIpc) is 2.48. The monoisotopic (exact) mass is 277 g/mol. The van der Waals surface area contributed by atoms with E-state index in [2.05, 4.69) is 22.4 Å². The molecule has 2 rings (SSSR count). The molecule has 110 valence electrons. The van der Waals surface area contributed by atoms with Gasteiger partial charge in [-0.25, -0.2) is 10.8 Å². The van der Waals surface area contributed by atoms with Gasteiger partial charge in [0.1, 0.15) is 11.5 Å². The van der Waals surface area contributed by atoms with E-state index in [1.807, 2.05) is 7.05 Å². The van der Waals surface area contributed by atoms with Gasteiger partial charge in [-0.1, -0.05) is 6.07 Å². The van der Waals surface area contributed by atoms with Crippen molar-refractivity contribution < 1.29 is 4.79 Å². The minimum atomic E-state index is -0.0546. The maximum atomic E-state index is 12.3. The number of hydrogen-bond acceptors (Lipinski definition) is 5. The summed E-state index contributed by atoms with van der Waals surface area (Å²) in [6.45, 7) is 3.00. The molecule has 6 nitrogen and oxygen atoms in total. The van der Waals surface area contributed by atoms with Gasteiger partial charge in [-0.3, -0.25) is 4.79 Å². The molecule has 0 atom stereocenters. The van der Waals surface area contributed by atoms with E-state index >= 15 is 0 Å². The second-order valence-electron chi connectivity index (χ2n) is 5.48. The van der Waals surface area contributed by atoms with Crippen molar-refractivity contribution in [2.24, 2.45) is 11.8 Å². The molecular formula is C14H23N5O. The van der Waals surface area contributed by atoms with Gasteiger partial charge < -0.3 is 15.2 Å². The predicted molar refractivity (Wildman–Crippen MR) is 79.2 cm³/mol. The first kappa shape index (κ1) is 14.7. The van der Waals surface area contributed by atoms with E-state index in [9.17, 15) is 4.79 Å². The Morgan fingerprint density at radius 3 is 2.85 bits per heavy atom. The van der Waals surface area contributed by atoms with Gasteiger partial charge in [-0.15, -0.1) is 0 Å². The third-order valence-corrected chi connectivity index (χ3v) is 3.83. The Balaban J connectivity index is 1.94. The van der Waals surface area contributed by atoms with Crippen LogP contribution < -0.4 is 11.3 Å². The van der Waals surface area contributed by atoms with Crippen molar-refractivity contribution in [1.29, 1.82) is 0 Å². The second-order valence-corrected chi connectivity index (χ2v) is 5.48. The molecule has 2 heterocycles. The van der Waals surface area contributed by atoms with Gasteiger partial charge in [-0.2, -0.15) is 0 Å².